The Bertz CT molecular complexity index is 662. The van der Waals surface area contributed by atoms with E-state index in [1.165, 1.54) is 30.7 Å². The molecule has 0 aliphatic rings. The summed E-state index contributed by atoms with van der Waals surface area (Å²) in [6.45, 7) is 0. The molecule has 0 saturated heterocycles. The van der Waals surface area contributed by atoms with Gasteiger partial charge in [0.1, 0.15) is 5.75 Å². The lowest BCUT2D eigenvalue weighted by Gasteiger charge is -2.01. The standard InChI is InChI=1S/C14H13NO3S/c1-18-13-4-6-14(7-5-13)19(16,17)10-8-12-3-2-9-15-11-12/h2-11H,1H3/b10-8+. The lowest BCUT2D eigenvalue weighted by atomic mass is 10.3. The van der Waals surface area contributed by atoms with Gasteiger partial charge in [0.2, 0.25) is 0 Å². The minimum Gasteiger partial charge on any atom is -0.497 e. The van der Waals surface area contributed by atoms with Crippen LogP contribution in [0.15, 0.2) is 59.1 Å². The third-order valence-corrected chi connectivity index (χ3v) is 3.94. The zero-order valence-electron chi connectivity index (χ0n) is 10.4. The van der Waals surface area contributed by atoms with E-state index in [9.17, 15) is 8.42 Å². The second-order valence-electron chi connectivity index (χ2n) is 3.81. The Balaban J connectivity index is 2.25. The van der Waals surface area contributed by atoms with E-state index in [1.54, 1.807) is 36.7 Å². The molecule has 0 aliphatic heterocycles. The summed E-state index contributed by atoms with van der Waals surface area (Å²) in [5.41, 5.74) is 0.736. The van der Waals surface area contributed by atoms with Gasteiger partial charge in [-0.3, -0.25) is 4.98 Å². The summed E-state index contributed by atoms with van der Waals surface area (Å²) < 4.78 is 29.1. The molecule has 1 aromatic heterocycles. The van der Waals surface area contributed by atoms with Crippen LogP contribution in [0, 0.1) is 0 Å². The van der Waals surface area contributed by atoms with Crippen molar-refractivity contribution in [1.82, 2.24) is 4.98 Å². The number of ether oxygens (including phenoxy) is 1. The van der Waals surface area contributed by atoms with Crippen molar-refractivity contribution in [1.29, 1.82) is 0 Å². The third-order valence-electron chi connectivity index (χ3n) is 2.51. The molecule has 19 heavy (non-hydrogen) atoms. The van der Waals surface area contributed by atoms with Crippen molar-refractivity contribution in [3.05, 3.63) is 59.8 Å². The Hall–Kier alpha value is -2.14. The molecular weight excluding hydrogens is 262 g/mol. The topological polar surface area (TPSA) is 56.3 Å². The molecule has 2 aromatic rings. The van der Waals surface area contributed by atoms with Gasteiger partial charge in [-0.2, -0.15) is 0 Å². The van der Waals surface area contributed by atoms with Crippen LogP contribution in [0.1, 0.15) is 5.56 Å². The molecule has 1 aromatic carbocycles. The number of hydrogen-bond donors (Lipinski definition) is 0. The van der Waals surface area contributed by atoms with Crippen molar-refractivity contribution in [2.45, 2.75) is 4.90 Å². The lowest BCUT2D eigenvalue weighted by Crippen LogP contribution is -1.96. The monoisotopic (exact) mass is 275 g/mol. The fourth-order valence-corrected chi connectivity index (χ4v) is 2.50. The van der Waals surface area contributed by atoms with Crippen LogP contribution in [-0.4, -0.2) is 20.5 Å². The Labute approximate surface area is 112 Å². The molecule has 0 bridgehead atoms. The zero-order valence-corrected chi connectivity index (χ0v) is 11.2. The summed E-state index contributed by atoms with van der Waals surface area (Å²) in [4.78, 5) is 4.15. The number of sulfone groups is 1. The van der Waals surface area contributed by atoms with Gasteiger partial charge in [-0.25, -0.2) is 8.42 Å². The summed E-state index contributed by atoms with van der Waals surface area (Å²) in [6, 6.07) is 9.80. The zero-order chi connectivity index (χ0) is 13.7. The lowest BCUT2D eigenvalue weighted by molar-refractivity contribution is 0.414. The Kier molecular flexibility index (Phi) is 3.97. The average Bonchev–Trinajstić information content (AvgIpc) is 2.46. The van der Waals surface area contributed by atoms with Crippen LogP contribution >= 0.6 is 0 Å². The van der Waals surface area contributed by atoms with Crippen LogP contribution in [0.5, 0.6) is 5.75 Å². The largest absolute Gasteiger partial charge is 0.497 e. The summed E-state index contributed by atoms with van der Waals surface area (Å²) in [7, 11) is -1.91. The second kappa shape index (κ2) is 5.67. The first-order valence-electron chi connectivity index (χ1n) is 5.59. The summed E-state index contributed by atoms with van der Waals surface area (Å²) in [5, 5.41) is 1.17. The van der Waals surface area contributed by atoms with Gasteiger partial charge in [0, 0.05) is 17.8 Å². The van der Waals surface area contributed by atoms with Crippen molar-refractivity contribution in [3.63, 3.8) is 0 Å². The average molecular weight is 275 g/mol. The predicted molar refractivity (Wildman–Crippen MR) is 73.5 cm³/mol. The van der Waals surface area contributed by atoms with Gasteiger partial charge in [-0.05, 0) is 42.0 Å². The highest BCUT2D eigenvalue weighted by Crippen LogP contribution is 2.18. The maximum atomic E-state index is 12.1. The van der Waals surface area contributed by atoms with Crippen LogP contribution < -0.4 is 4.74 Å². The quantitative estimate of drug-likeness (QED) is 0.860. The molecular formula is C14H13NO3S. The molecule has 0 aliphatic carbocycles. The van der Waals surface area contributed by atoms with Crippen LogP contribution in [0.25, 0.3) is 6.08 Å². The van der Waals surface area contributed by atoms with Gasteiger partial charge in [-0.15, -0.1) is 0 Å². The van der Waals surface area contributed by atoms with Crippen molar-refractivity contribution in [3.8, 4) is 5.75 Å². The molecule has 0 atom stereocenters. The number of rotatable bonds is 4. The molecule has 0 N–H and O–H groups in total. The van der Waals surface area contributed by atoms with Gasteiger partial charge in [-0.1, -0.05) is 6.07 Å². The summed E-state index contributed by atoms with van der Waals surface area (Å²) >= 11 is 0. The smallest absolute Gasteiger partial charge is 0.199 e. The molecule has 0 unspecified atom stereocenters. The van der Waals surface area contributed by atoms with E-state index in [0.29, 0.717) is 5.75 Å². The highest BCUT2D eigenvalue weighted by atomic mass is 32.2. The Morgan fingerprint density at radius 2 is 1.89 bits per heavy atom. The van der Waals surface area contributed by atoms with Crippen molar-refractivity contribution >= 4 is 15.9 Å². The molecule has 2 rings (SSSR count). The fourth-order valence-electron chi connectivity index (χ4n) is 1.49. The Morgan fingerprint density at radius 3 is 2.47 bits per heavy atom. The van der Waals surface area contributed by atoms with E-state index in [4.69, 9.17) is 4.74 Å². The van der Waals surface area contributed by atoms with Crippen LogP contribution in [0.4, 0.5) is 0 Å². The molecule has 0 saturated carbocycles. The summed E-state index contributed by atoms with van der Waals surface area (Å²) in [6.07, 6.45) is 4.75. The van der Waals surface area contributed by atoms with Gasteiger partial charge in [0.05, 0.1) is 12.0 Å². The van der Waals surface area contributed by atoms with Gasteiger partial charge in [0.15, 0.2) is 9.84 Å². The number of hydrogen-bond acceptors (Lipinski definition) is 4. The first-order chi connectivity index (χ1) is 9.12. The van der Waals surface area contributed by atoms with Crippen LogP contribution in [0.3, 0.4) is 0 Å². The second-order valence-corrected chi connectivity index (χ2v) is 5.64. The molecule has 0 spiro atoms. The Morgan fingerprint density at radius 1 is 1.16 bits per heavy atom. The van der Waals surface area contributed by atoms with Gasteiger partial charge in [0.25, 0.3) is 0 Å². The number of aromatic nitrogens is 1. The molecule has 5 heteroatoms. The first-order valence-corrected chi connectivity index (χ1v) is 7.14. The fraction of sp³-hybridized carbons (Fsp3) is 0.0714. The molecule has 1 heterocycles. The SMILES string of the molecule is COc1ccc(S(=O)(=O)/C=C/c2cccnc2)cc1. The van der Waals surface area contributed by atoms with E-state index in [2.05, 4.69) is 4.98 Å². The maximum absolute atomic E-state index is 12.1. The number of pyridine rings is 1. The van der Waals surface area contributed by atoms with Crippen LogP contribution in [-0.2, 0) is 9.84 Å². The normalized spacial score (nSPS) is 11.6. The van der Waals surface area contributed by atoms with E-state index < -0.39 is 9.84 Å². The number of methoxy groups -OCH3 is 1. The molecule has 0 fully saturated rings. The maximum Gasteiger partial charge on any atom is 0.199 e. The minimum absolute atomic E-state index is 0.230. The van der Waals surface area contributed by atoms with Crippen molar-refractivity contribution in [2.75, 3.05) is 7.11 Å². The molecule has 4 nitrogen and oxygen atoms in total. The van der Waals surface area contributed by atoms with Crippen molar-refractivity contribution < 1.29 is 13.2 Å². The van der Waals surface area contributed by atoms with Crippen LogP contribution in [0.2, 0.25) is 0 Å². The number of nitrogens with zero attached hydrogens (tertiary/aromatic N) is 1. The summed E-state index contributed by atoms with van der Waals surface area (Å²) in [5.74, 6) is 0.621. The minimum atomic E-state index is -3.45. The predicted octanol–water partition coefficient (Wildman–Crippen LogP) is 2.53. The number of benzene rings is 1. The third kappa shape index (κ3) is 3.42. The highest BCUT2D eigenvalue weighted by Gasteiger charge is 2.09. The molecule has 0 radical (unpaired) electrons. The van der Waals surface area contributed by atoms with E-state index in [-0.39, 0.29) is 4.90 Å². The molecule has 0 amide bonds. The molecule has 98 valence electrons. The highest BCUT2D eigenvalue weighted by molar-refractivity contribution is 7.94. The van der Waals surface area contributed by atoms with E-state index in [1.807, 2.05) is 0 Å². The van der Waals surface area contributed by atoms with Gasteiger partial charge >= 0.3 is 0 Å². The van der Waals surface area contributed by atoms with E-state index in [0.717, 1.165) is 5.56 Å². The first kappa shape index (κ1) is 13.3. The van der Waals surface area contributed by atoms with Crippen molar-refractivity contribution in [2.24, 2.45) is 0 Å². The van der Waals surface area contributed by atoms with Gasteiger partial charge < -0.3 is 4.74 Å². The van der Waals surface area contributed by atoms with E-state index >= 15 is 0 Å².